The van der Waals surface area contributed by atoms with E-state index in [1.165, 1.54) is 0 Å². The largest absolute Gasteiger partial charge is 0.294 e. The van der Waals surface area contributed by atoms with E-state index in [4.69, 9.17) is 34.8 Å². The highest BCUT2D eigenvalue weighted by Gasteiger charge is 2.14. The Bertz CT molecular complexity index is 793. The Labute approximate surface area is 131 Å². The van der Waals surface area contributed by atoms with Crippen molar-refractivity contribution in [2.24, 2.45) is 0 Å². The number of aromatic nitrogens is 2. The van der Waals surface area contributed by atoms with Gasteiger partial charge in [0.1, 0.15) is 5.82 Å². The lowest BCUT2D eigenvalue weighted by Gasteiger charge is -2.10. The van der Waals surface area contributed by atoms with Crippen LogP contribution in [0.15, 0.2) is 36.4 Å². The van der Waals surface area contributed by atoms with E-state index in [2.05, 4.69) is 11.1 Å². The van der Waals surface area contributed by atoms with Gasteiger partial charge in [-0.25, -0.2) is 4.98 Å². The minimum absolute atomic E-state index is 0.312. The summed E-state index contributed by atoms with van der Waals surface area (Å²) in [6, 6.07) is 11.5. The van der Waals surface area contributed by atoms with Gasteiger partial charge in [0.05, 0.1) is 27.6 Å². The molecule has 0 saturated heterocycles. The maximum atomic E-state index is 6.31. The SMILES string of the molecule is Cc1ccc2nc(CCl)n(-c3ccc(Cl)cc3Cl)c2c1. The molecular weight excluding hydrogens is 315 g/mol. The van der Waals surface area contributed by atoms with Gasteiger partial charge < -0.3 is 0 Å². The number of rotatable bonds is 2. The lowest BCUT2D eigenvalue weighted by Crippen LogP contribution is -2.00. The van der Waals surface area contributed by atoms with Gasteiger partial charge in [-0.2, -0.15) is 0 Å². The monoisotopic (exact) mass is 324 g/mol. The van der Waals surface area contributed by atoms with E-state index in [-0.39, 0.29) is 0 Å². The zero-order valence-electron chi connectivity index (χ0n) is 10.7. The van der Waals surface area contributed by atoms with E-state index in [0.29, 0.717) is 15.9 Å². The second kappa shape index (κ2) is 5.28. The molecule has 0 unspecified atom stereocenters. The van der Waals surface area contributed by atoms with Gasteiger partial charge in [0, 0.05) is 5.02 Å². The lowest BCUT2D eigenvalue weighted by atomic mass is 10.2. The maximum absolute atomic E-state index is 6.31. The van der Waals surface area contributed by atoms with Crippen LogP contribution in [0, 0.1) is 6.92 Å². The zero-order chi connectivity index (χ0) is 14.3. The molecule has 0 radical (unpaired) electrons. The fourth-order valence-electron chi connectivity index (χ4n) is 2.26. The number of alkyl halides is 1. The van der Waals surface area contributed by atoms with Crippen molar-refractivity contribution >= 4 is 45.8 Å². The fraction of sp³-hybridized carbons (Fsp3) is 0.133. The first-order chi connectivity index (χ1) is 9.60. The number of halogens is 3. The van der Waals surface area contributed by atoms with Crippen LogP contribution in [-0.2, 0) is 5.88 Å². The third-order valence-corrected chi connectivity index (χ3v) is 3.93. The molecule has 2 nitrogen and oxygen atoms in total. The Balaban J connectivity index is 2.36. The van der Waals surface area contributed by atoms with Gasteiger partial charge in [-0.3, -0.25) is 4.57 Å². The van der Waals surface area contributed by atoms with E-state index < -0.39 is 0 Å². The number of hydrogen-bond acceptors (Lipinski definition) is 1. The molecule has 0 bridgehead atoms. The first kappa shape index (κ1) is 13.7. The number of hydrogen-bond donors (Lipinski definition) is 0. The Morgan fingerprint density at radius 2 is 1.90 bits per heavy atom. The molecule has 0 aliphatic rings. The first-order valence-electron chi connectivity index (χ1n) is 6.09. The van der Waals surface area contributed by atoms with Crippen LogP contribution in [-0.4, -0.2) is 9.55 Å². The highest BCUT2D eigenvalue weighted by molar-refractivity contribution is 6.35. The first-order valence-corrected chi connectivity index (χ1v) is 7.38. The van der Waals surface area contributed by atoms with Gasteiger partial charge in [0.15, 0.2) is 0 Å². The molecule has 3 aromatic rings. The number of aryl methyl sites for hydroxylation is 1. The number of benzene rings is 2. The molecule has 0 fully saturated rings. The standard InChI is InChI=1S/C15H11Cl3N2/c1-9-2-4-12-14(6-9)20(15(8-16)19-12)13-5-3-10(17)7-11(13)18/h2-7H,8H2,1H3. The van der Waals surface area contributed by atoms with Crippen LogP contribution in [0.1, 0.15) is 11.4 Å². The summed E-state index contributed by atoms with van der Waals surface area (Å²) in [6.45, 7) is 2.04. The number of fused-ring (bicyclic) bond motifs is 1. The van der Waals surface area contributed by atoms with Gasteiger partial charge in [-0.1, -0.05) is 29.3 Å². The molecule has 1 aromatic heterocycles. The molecule has 5 heteroatoms. The van der Waals surface area contributed by atoms with Crippen LogP contribution in [0.5, 0.6) is 0 Å². The van der Waals surface area contributed by atoms with E-state index in [1.54, 1.807) is 6.07 Å². The van der Waals surface area contributed by atoms with Crippen LogP contribution in [0.25, 0.3) is 16.7 Å². The molecule has 0 N–H and O–H groups in total. The summed E-state index contributed by atoms with van der Waals surface area (Å²) in [6.07, 6.45) is 0. The molecular formula is C15H11Cl3N2. The third kappa shape index (κ3) is 2.28. The Morgan fingerprint density at radius 3 is 2.60 bits per heavy atom. The topological polar surface area (TPSA) is 17.8 Å². The average molecular weight is 326 g/mol. The Morgan fingerprint density at radius 1 is 1.10 bits per heavy atom. The van der Waals surface area contributed by atoms with Crippen molar-refractivity contribution in [2.45, 2.75) is 12.8 Å². The van der Waals surface area contributed by atoms with Crippen molar-refractivity contribution in [3.63, 3.8) is 0 Å². The second-order valence-electron chi connectivity index (χ2n) is 4.58. The molecule has 2 aromatic carbocycles. The molecule has 0 aliphatic carbocycles. The molecule has 0 atom stereocenters. The summed E-state index contributed by atoms with van der Waals surface area (Å²) in [5.41, 5.74) is 3.88. The van der Waals surface area contributed by atoms with Gasteiger partial charge in [-0.15, -0.1) is 11.6 Å². The highest BCUT2D eigenvalue weighted by atomic mass is 35.5. The van der Waals surface area contributed by atoms with Crippen LogP contribution in [0.3, 0.4) is 0 Å². The molecule has 0 amide bonds. The van der Waals surface area contributed by atoms with Gasteiger partial charge in [-0.05, 0) is 42.8 Å². The zero-order valence-corrected chi connectivity index (χ0v) is 13.0. The van der Waals surface area contributed by atoms with Crippen molar-refractivity contribution in [1.29, 1.82) is 0 Å². The summed E-state index contributed by atoms with van der Waals surface area (Å²) >= 11 is 18.3. The summed E-state index contributed by atoms with van der Waals surface area (Å²) < 4.78 is 1.98. The summed E-state index contributed by atoms with van der Waals surface area (Å²) in [4.78, 5) is 4.55. The van der Waals surface area contributed by atoms with Crippen LogP contribution in [0.4, 0.5) is 0 Å². The molecule has 3 rings (SSSR count). The third-order valence-electron chi connectivity index (χ3n) is 3.15. The van der Waals surface area contributed by atoms with Crippen molar-refractivity contribution in [1.82, 2.24) is 9.55 Å². The highest BCUT2D eigenvalue weighted by Crippen LogP contribution is 2.30. The van der Waals surface area contributed by atoms with Crippen LogP contribution >= 0.6 is 34.8 Å². The van der Waals surface area contributed by atoms with E-state index in [0.717, 1.165) is 28.1 Å². The Kier molecular flexibility index (Phi) is 3.63. The predicted octanol–water partition coefficient (Wildman–Crippen LogP) is 5.38. The average Bonchev–Trinajstić information content (AvgIpc) is 2.76. The lowest BCUT2D eigenvalue weighted by molar-refractivity contribution is 0.982. The van der Waals surface area contributed by atoms with Crippen molar-refractivity contribution in [2.75, 3.05) is 0 Å². The smallest absolute Gasteiger partial charge is 0.129 e. The minimum atomic E-state index is 0.312. The molecule has 1 heterocycles. The van der Waals surface area contributed by atoms with Crippen LogP contribution < -0.4 is 0 Å². The van der Waals surface area contributed by atoms with E-state index >= 15 is 0 Å². The van der Waals surface area contributed by atoms with Gasteiger partial charge in [0.2, 0.25) is 0 Å². The number of imidazole rings is 1. The van der Waals surface area contributed by atoms with E-state index in [9.17, 15) is 0 Å². The minimum Gasteiger partial charge on any atom is -0.294 e. The van der Waals surface area contributed by atoms with Gasteiger partial charge >= 0.3 is 0 Å². The quantitative estimate of drug-likeness (QED) is 0.578. The summed E-state index contributed by atoms with van der Waals surface area (Å²) in [5, 5.41) is 1.18. The second-order valence-corrected chi connectivity index (χ2v) is 5.70. The predicted molar refractivity (Wildman–Crippen MR) is 85.4 cm³/mol. The fourth-order valence-corrected chi connectivity index (χ4v) is 2.93. The van der Waals surface area contributed by atoms with Crippen molar-refractivity contribution in [3.8, 4) is 5.69 Å². The van der Waals surface area contributed by atoms with Crippen molar-refractivity contribution < 1.29 is 0 Å². The molecule has 0 saturated carbocycles. The molecule has 0 spiro atoms. The normalized spacial score (nSPS) is 11.2. The van der Waals surface area contributed by atoms with Crippen LogP contribution in [0.2, 0.25) is 10.0 Å². The summed E-state index contributed by atoms with van der Waals surface area (Å²) in [5.74, 6) is 1.07. The van der Waals surface area contributed by atoms with Gasteiger partial charge in [0.25, 0.3) is 0 Å². The maximum Gasteiger partial charge on any atom is 0.129 e. The molecule has 102 valence electrons. The Hall–Kier alpha value is -1.22. The molecule has 0 aliphatic heterocycles. The number of nitrogens with zero attached hydrogens (tertiary/aromatic N) is 2. The molecule has 20 heavy (non-hydrogen) atoms. The summed E-state index contributed by atoms with van der Waals surface area (Å²) in [7, 11) is 0. The van der Waals surface area contributed by atoms with Crippen molar-refractivity contribution in [3.05, 3.63) is 57.8 Å². The van der Waals surface area contributed by atoms with E-state index in [1.807, 2.05) is 35.8 Å².